The summed E-state index contributed by atoms with van der Waals surface area (Å²) in [5.41, 5.74) is 5.01. The number of hydrogen-bond donors (Lipinski definition) is 1. The highest BCUT2D eigenvalue weighted by Crippen LogP contribution is 2.16. The Labute approximate surface area is 158 Å². The van der Waals surface area contributed by atoms with E-state index in [0.717, 1.165) is 55.0 Å². The number of rotatable bonds is 3. The number of nitrogens with zero attached hydrogens (tertiary/aromatic N) is 4. The van der Waals surface area contributed by atoms with E-state index in [0.29, 0.717) is 0 Å². The van der Waals surface area contributed by atoms with Gasteiger partial charge in [-0.05, 0) is 36.2 Å². The first-order valence-corrected chi connectivity index (χ1v) is 9.22. The van der Waals surface area contributed by atoms with Gasteiger partial charge in [0.2, 0.25) is 0 Å². The van der Waals surface area contributed by atoms with Crippen molar-refractivity contribution >= 4 is 22.8 Å². The number of fused-ring (bicyclic) bond motifs is 1. The third-order valence-corrected chi connectivity index (χ3v) is 4.99. The molecule has 0 atom stereocenters. The monoisotopic (exact) mass is 361 g/mol. The maximum Gasteiger partial charge on any atom is 0.321 e. The van der Waals surface area contributed by atoms with Crippen LogP contribution in [0.2, 0.25) is 0 Å². The molecule has 0 spiro atoms. The van der Waals surface area contributed by atoms with Crippen LogP contribution in [0.1, 0.15) is 11.1 Å². The molecular weight excluding hydrogens is 338 g/mol. The highest BCUT2D eigenvalue weighted by atomic mass is 16.2. The van der Waals surface area contributed by atoms with E-state index in [1.54, 1.807) is 12.4 Å². The summed E-state index contributed by atoms with van der Waals surface area (Å²) in [5, 5.41) is 3.02. The van der Waals surface area contributed by atoms with Crippen molar-refractivity contribution in [3.8, 4) is 0 Å². The first kappa shape index (κ1) is 17.4. The van der Waals surface area contributed by atoms with Gasteiger partial charge in [-0.15, -0.1) is 0 Å². The van der Waals surface area contributed by atoms with Crippen molar-refractivity contribution < 1.29 is 4.79 Å². The van der Waals surface area contributed by atoms with Gasteiger partial charge in [0.25, 0.3) is 0 Å². The summed E-state index contributed by atoms with van der Waals surface area (Å²) in [6.45, 7) is 6.04. The fraction of sp³-hybridized carbons (Fsp3) is 0.286. The smallest absolute Gasteiger partial charge is 0.321 e. The molecule has 27 heavy (non-hydrogen) atoms. The summed E-state index contributed by atoms with van der Waals surface area (Å²) < 4.78 is 0. The predicted molar refractivity (Wildman–Crippen MR) is 107 cm³/mol. The SMILES string of the molecule is Cc1ccccc1NC(=O)N1CCN(Cc2ccc3nccnc3c2)CC1. The molecule has 6 heteroatoms. The van der Waals surface area contributed by atoms with Crippen LogP contribution >= 0.6 is 0 Å². The van der Waals surface area contributed by atoms with Crippen LogP contribution in [0.4, 0.5) is 10.5 Å². The zero-order valence-electron chi connectivity index (χ0n) is 15.4. The third kappa shape index (κ3) is 4.06. The average molecular weight is 361 g/mol. The van der Waals surface area contributed by atoms with E-state index in [9.17, 15) is 4.79 Å². The van der Waals surface area contributed by atoms with Crippen molar-refractivity contribution in [2.75, 3.05) is 31.5 Å². The van der Waals surface area contributed by atoms with Crippen LogP contribution in [0.25, 0.3) is 11.0 Å². The summed E-state index contributed by atoms with van der Waals surface area (Å²) in [4.78, 5) is 25.5. The Bertz CT molecular complexity index is 950. The molecule has 1 fully saturated rings. The molecule has 2 aromatic carbocycles. The first-order valence-electron chi connectivity index (χ1n) is 9.22. The van der Waals surface area contributed by atoms with Crippen molar-refractivity contribution in [2.45, 2.75) is 13.5 Å². The minimum absolute atomic E-state index is 0.0232. The number of amides is 2. The van der Waals surface area contributed by atoms with Crippen molar-refractivity contribution in [1.82, 2.24) is 19.8 Å². The fourth-order valence-electron chi connectivity index (χ4n) is 3.38. The molecule has 6 nitrogen and oxygen atoms in total. The topological polar surface area (TPSA) is 61.4 Å². The van der Waals surface area contributed by atoms with Crippen LogP contribution in [0.5, 0.6) is 0 Å². The molecular formula is C21H23N5O. The summed E-state index contributed by atoms with van der Waals surface area (Å²) >= 11 is 0. The Balaban J connectivity index is 1.33. The molecule has 0 bridgehead atoms. The zero-order chi connectivity index (χ0) is 18.6. The number of carbonyl (C=O) groups is 1. The first-order chi connectivity index (χ1) is 13.2. The van der Waals surface area contributed by atoms with Crippen molar-refractivity contribution in [3.05, 3.63) is 66.0 Å². The number of urea groups is 1. The van der Waals surface area contributed by atoms with Gasteiger partial charge in [-0.1, -0.05) is 24.3 Å². The summed E-state index contributed by atoms with van der Waals surface area (Å²) in [6.07, 6.45) is 3.43. The molecule has 138 valence electrons. The minimum atomic E-state index is -0.0232. The average Bonchev–Trinajstić information content (AvgIpc) is 2.70. The number of aromatic nitrogens is 2. The number of para-hydroxylation sites is 1. The molecule has 1 aromatic heterocycles. The second kappa shape index (κ2) is 7.72. The Kier molecular flexibility index (Phi) is 4.98. The van der Waals surface area contributed by atoms with Crippen molar-refractivity contribution in [2.24, 2.45) is 0 Å². The second-order valence-corrected chi connectivity index (χ2v) is 6.89. The molecule has 2 amide bonds. The number of piperazine rings is 1. The second-order valence-electron chi connectivity index (χ2n) is 6.89. The number of nitrogens with one attached hydrogen (secondary N) is 1. The summed E-state index contributed by atoms with van der Waals surface area (Å²) in [5.74, 6) is 0. The van der Waals surface area contributed by atoms with E-state index >= 15 is 0 Å². The van der Waals surface area contributed by atoms with Gasteiger partial charge in [-0.3, -0.25) is 14.9 Å². The fourth-order valence-corrected chi connectivity index (χ4v) is 3.38. The summed E-state index contributed by atoms with van der Waals surface area (Å²) in [7, 11) is 0. The number of anilines is 1. The van der Waals surface area contributed by atoms with Gasteiger partial charge in [0.1, 0.15) is 0 Å². The van der Waals surface area contributed by atoms with E-state index in [1.165, 1.54) is 5.56 Å². The lowest BCUT2D eigenvalue weighted by molar-refractivity contribution is 0.143. The lowest BCUT2D eigenvalue weighted by Crippen LogP contribution is -2.49. The van der Waals surface area contributed by atoms with Gasteiger partial charge in [-0.25, -0.2) is 4.79 Å². The molecule has 1 N–H and O–H groups in total. The maximum absolute atomic E-state index is 12.5. The number of aryl methyl sites for hydroxylation is 1. The van der Waals surface area contributed by atoms with Crippen LogP contribution in [0.15, 0.2) is 54.9 Å². The van der Waals surface area contributed by atoms with E-state index in [2.05, 4.69) is 32.3 Å². The van der Waals surface area contributed by atoms with Crippen LogP contribution in [-0.4, -0.2) is 52.0 Å². The highest BCUT2D eigenvalue weighted by molar-refractivity contribution is 5.90. The number of carbonyl (C=O) groups excluding carboxylic acids is 1. The van der Waals surface area contributed by atoms with Crippen molar-refractivity contribution in [1.29, 1.82) is 0 Å². The molecule has 4 rings (SSSR count). The minimum Gasteiger partial charge on any atom is -0.322 e. The molecule has 2 heterocycles. The Morgan fingerprint density at radius 3 is 2.52 bits per heavy atom. The molecule has 1 aliphatic heterocycles. The number of hydrogen-bond acceptors (Lipinski definition) is 4. The molecule has 0 aliphatic carbocycles. The highest BCUT2D eigenvalue weighted by Gasteiger charge is 2.21. The van der Waals surface area contributed by atoms with Gasteiger partial charge in [-0.2, -0.15) is 0 Å². The van der Waals surface area contributed by atoms with E-state index < -0.39 is 0 Å². The van der Waals surface area contributed by atoms with Crippen LogP contribution in [-0.2, 0) is 6.54 Å². The number of benzene rings is 2. The molecule has 0 saturated carbocycles. The van der Waals surface area contributed by atoms with E-state index in [1.807, 2.05) is 42.2 Å². The Morgan fingerprint density at radius 2 is 1.74 bits per heavy atom. The quantitative estimate of drug-likeness (QED) is 0.778. The van der Waals surface area contributed by atoms with Gasteiger partial charge in [0, 0.05) is 50.8 Å². The molecule has 1 aliphatic rings. The van der Waals surface area contributed by atoms with E-state index in [4.69, 9.17) is 0 Å². The van der Waals surface area contributed by atoms with Gasteiger partial charge in [0.05, 0.1) is 11.0 Å². The zero-order valence-corrected chi connectivity index (χ0v) is 15.4. The summed E-state index contributed by atoms with van der Waals surface area (Å²) in [6, 6.07) is 14.0. The standard InChI is InChI=1S/C21H23N5O/c1-16-4-2-3-5-18(16)24-21(27)26-12-10-25(11-13-26)15-17-6-7-19-20(14-17)23-9-8-22-19/h2-9,14H,10-13,15H2,1H3,(H,24,27). The van der Waals surface area contributed by atoms with Gasteiger partial charge in [0.15, 0.2) is 0 Å². The van der Waals surface area contributed by atoms with Crippen LogP contribution in [0, 0.1) is 6.92 Å². The lowest BCUT2D eigenvalue weighted by atomic mass is 10.1. The molecule has 0 unspecified atom stereocenters. The molecule has 3 aromatic rings. The molecule has 0 radical (unpaired) electrons. The maximum atomic E-state index is 12.5. The van der Waals surface area contributed by atoms with E-state index in [-0.39, 0.29) is 6.03 Å². The third-order valence-electron chi connectivity index (χ3n) is 4.99. The van der Waals surface area contributed by atoms with Gasteiger partial charge < -0.3 is 10.2 Å². The van der Waals surface area contributed by atoms with Crippen LogP contribution < -0.4 is 5.32 Å². The van der Waals surface area contributed by atoms with Gasteiger partial charge >= 0.3 is 6.03 Å². The Hall–Kier alpha value is -2.99. The lowest BCUT2D eigenvalue weighted by Gasteiger charge is -2.34. The van der Waals surface area contributed by atoms with Crippen LogP contribution in [0.3, 0.4) is 0 Å². The predicted octanol–water partition coefficient (Wildman–Crippen LogP) is 3.29. The Morgan fingerprint density at radius 1 is 1.00 bits per heavy atom. The normalized spacial score (nSPS) is 15.1. The molecule has 1 saturated heterocycles. The largest absolute Gasteiger partial charge is 0.322 e. The van der Waals surface area contributed by atoms with Crippen molar-refractivity contribution in [3.63, 3.8) is 0 Å².